The van der Waals surface area contributed by atoms with Crippen molar-refractivity contribution in [1.29, 1.82) is 0 Å². The maximum atomic E-state index is 6.52. The molecule has 2 heterocycles. The van der Waals surface area contributed by atoms with Crippen LogP contribution in [-0.2, 0) is 4.75 Å². The van der Waals surface area contributed by atoms with Crippen molar-refractivity contribution >= 4 is 51.9 Å². The molecule has 0 aromatic heterocycles. The molecule has 0 radical (unpaired) electrons. The molecule has 0 saturated carbocycles. The third-order valence-electron chi connectivity index (χ3n) is 5.12. The SMILES string of the molecule is Br.CN1CCC2(CC1)SC(c1ccc(Cl)cc1Cl)c1ccccc12. The smallest absolute Gasteiger partial charge is 0.0573 e. The zero-order valence-corrected chi connectivity index (χ0v) is 17.5. The molecule has 0 aliphatic carbocycles. The van der Waals surface area contributed by atoms with Gasteiger partial charge in [0.2, 0.25) is 0 Å². The van der Waals surface area contributed by atoms with Crippen LogP contribution in [0.15, 0.2) is 42.5 Å². The highest BCUT2D eigenvalue weighted by atomic mass is 79.9. The summed E-state index contributed by atoms with van der Waals surface area (Å²) in [6.07, 6.45) is 2.40. The number of rotatable bonds is 1. The third-order valence-corrected chi connectivity index (χ3v) is 7.50. The molecular weight excluding hydrogens is 425 g/mol. The van der Waals surface area contributed by atoms with Crippen molar-refractivity contribution in [3.8, 4) is 0 Å². The van der Waals surface area contributed by atoms with Crippen LogP contribution in [0.4, 0.5) is 0 Å². The average molecular weight is 445 g/mol. The molecule has 1 saturated heterocycles. The molecule has 0 bridgehead atoms. The third kappa shape index (κ3) is 3.14. The Morgan fingerprint density at radius 2 is 1.75 bits per heavy atom. The first-order valence-electron chi connectivity index (χ1n) is 8.00. The van der Waals surface area contributed by atoms with Gasteiger partial charge in [0.25, 0.3) is 0 Å². The fourth-order valence-electron chi connectivity index (χ4n) is 3.81. The van der Waals surface area contributed by atoms with Crippen molar-refractivity contribution in [3.63, 3.8) is 0 Å². The lowest BCUT2D eigenvalue weighted by atomic mass is 9.84. The topological polar surface area (TPSA) is 3.24 Å². The van der Waals surface area contributed by atoms with E-state index >= 15 is 0 Å². The molecule has 5 heteroatoms. The Hall–Kier alpha value is -0.190. The number of thioether (sulfide) groups is 1. The van der Waals surface area contributed by atoms with E-state index in [1.165, 1.54) is 29.5 Å². The average Bonchev–Trinajstić information content (AvgIpc) is 2.86. The van der Waals surface area contributed by atoms with Gasteiger partial charge in [-0.25, -0.2) is 0 Å². The predicted molar refractivity (Wildman–Crippen MR) is 111 cm³/mol. The Labute approximate surface area is 168 Å². The van der Waals surface area contributed by atoms with E-state index in [0.29, 0.717) is 10.3 Å². The normalized spacial score (nSPS) is 22.2. The number of benzene rings is 2. The molecule has 0 N–H and O–H groups in total. The summed E-state index contributed by atoms with van der Waals surface area (Å²) in [4.78, 5) is 2.43. The van der Waals surface area contributed by atoms with Crippen molar-refractivity contribution < 1.29 is 0 Å². The van der Waals surface area contributed by atoms with E-state index in [4.69, 9.17) is 23.2 Å². The van der Waals surface area contributed by atoms with E-state index in [1.807, 2.05) is 12.1 Å². The highest BCUT2D eigenvalue weighted by molar-refractivity contribution is 8.93. The van der Waals surface area contributed by atoms with E-state index in [-0.39, 0.29) is 21.7 Å². The summed E-state index contributed by atoms with van der Waals surface area (Å²) < 4.78 is 0.233. The minimum absolute atomic E-state index is 0. The zero-order valence-electron chi connectivity index (χ0n) is 13.5. The second kappa shape index (κ2) is 7.20. The van der Waals surface area contributed by atoms with Gasteiger partial charge in [-0.1, -0.05) is 53.5 Å². The van der Waals surface area contributed by atoms with Gasteiger partial charge >= 0.3 is 0 Å². The maximum absolute atomic E-state index is 6.52. The Morgan fingerprint density at radius 1 is 1.04 bits per heavy atom. The summed E-state index contributed by atoms with van der Waals surface area (Å²) >= 11 is 14.7. The Balaban J connectivity index is 0.00000169. The van der Waals surface area contributed by atoms with Crippen molar-refractivity contribution in [1.82, 2.24) is 4.90 Å². The maximum Gasteiger partial charge on any atom is 0.0573 e. The van der Waals surface area contributed by atoms with Crippen LogP contribution in [0.2, 0.25) is 10.0 Å². The van der Waals surface area contributed by atoms with Crippen LogP contribution >= 0.6 is 51.9 Å². The molecule has 1 atom stereocenters. The highest BCUT2D eigenvalue weighted by Gasteiger charge is 2.46. The molecule has 24 heavy (non-hydrogen) atoms. The van der Waals surface area contributed by atoms with Crippen LogP contribution in [0.3, 0.4) is 0 Å². The first-order valence-corrected chi connectivity index (χ1v) is 9.63. The number of nitrogens with zero attached hydrogens (tertiary/aromatic N) is 1. The summed E-state index contributed by atoms with van der Waals surface area (Å²) in [5, 5.41) is 1.78. The molecule has 1 fully saturated rings. The number of halogens is 3. The minimum atomic E-state index is 0. The predicted octanol–water partition coefficient (Wildman–Crippen LogP) is 6.33. The number of hydrogen-bond acceptors (Lipinski definition) is 2. The second-order valence-electron chi connectivity index (χ2n) is 6.55. The molecule has 2 aliphatic rings. The fourth-order valence-corrected chi connectivity index (χ4v) is 6.23. The number of hydrogen-bond donors (Lipinski definition) is 0. The largest absolute Gasteiger partial charge is 0.306 e. The van der Waals surface area contributed by atoms with Crippen molar-refractivity contribution in [2.24, 2.45) is 0 Å². The first-order chi connectivity index (χ1) is 11.1. The molecule has 4 rings (SSSR count). The highest BCUT2D eigenvalue weighted by Crippen LogP contribution is 2.61. The fraction of sp³-hybridized carbons (Fsp3) is 0.368. The van der Waals surface area contributed by atoms with Crippen LogP contribution in [-0.4, -0.2) is 25.0 Å². The van der Waals surface area contributed by atoms with Crippen molar-refractivity contribution in [3.05, 3.63) is 69.2 Å². The molecular formula is C19H20BrCl2NS. The van der Waals surface area contributed by atoms with E-state index in [1.54, 1.807) is 0 Å². The Kier molecular flexibility index (Phi) is 5.58. The first kappa shape index (κ1) is 18.6. The van der Waals surface area contributed by atoms with Crippen molar-refractivity contribution in [2.45, 2.75) is 22.8 Å². The quantitative estimate of drug-likeness (QED) is 0.505. The summed E-state index contributed by atoms with van der Waals surface area (Å²) in [5.41, 5.74) is 4.12. The standard InChI is InChI=1S/C19H19Cl2NS.BrH/c1-22-10-8-19(9-11-22)16-5-3-2-4-14(16)18(23-19)15-7-6-13(20)12-17(15)21;/h2-7,12,18H,8-11H2,1H3;1H. The zero-order chi connectivity index (χ0) is 16.0. The van der Waals surface area contributed by atoms with Gasteiger partial charge in [-0.05, 0) is 61.8 Å². The Bertz CT molecular complexity index is 744. The number of piperidine rings is 1. The van der Waals surface area contributed by atoms with E-state index in [2.05, 4.69) is 54.0 Å². The van der Waals surface area contributed by atoms with Crippen LogP contribution in [0.5, 0.6) is 0 Å². The van der Waals surface area contributed by atoms with Gasteiger partial charge in [0, 0.05) is 14.8 Å². The summed E-state index contributed by atoms with van der Waals surface area (Å²) in [6.45, 7) is 2.31. The lowest BCUT2D eigenvalue weighted by Gasteiger charge is -2.38. The minimum Gasteiger partial charge on any atom is -0.306 e. The molecule has 1 spiro atoms. The molecule has 1 nitrogen and oxygen atoms in total. The van der Waals surface area contributed by atoms with Gasteiger partial charge in [-0.2, -0.15) is 0 Å². The number of fused-ring (bicyclic) bond motifs is 2. The monoisotopic (exact) mass is 443 g/mol. The van der Waals surface area contributed by atoms with Crippen LogP contribution in [0, 0.1) is 0 Å². The summed E-state index contributed by atoms with van der Waals surface area (Å²) in [5.74, 6) is 0. The molecule has 2 aliphatic heterocycles. The Morgan fingerprint density at radius 3 is 2.46 bits per heavy atom. The van der Waals surface area contributed by atoms with Gasteiger partial charge in [0.1, 0.15) is 0 Å². The van der Waals surface area contributed by atoms with Gasteiger partial charge in [-0.15, -0.1) is 28.7 Å². The summed E-state index contributed by atoms with van der Waals surface area (Å²) in [6, 6.07) is 14.8. The van der Waals surface area contributed by atoms with Gasteiger partial charge < -0.3 is 4.90 Å². The van der Waals surface area contributed by atoms with E-state index in [0.717, 1.165) is 18.1 Å². The van der Waals surface area contributed by atoms with Crippen LogP contribution in [0.1, 0.15) is 34.8 Å². The molecule has 2 aromatic rings. The van der Waals surface area contributed by atoms with Crippen LogP contribution < -0.4 is 0 Å². The summed E-state index contributed by atoms with van der Waals surface area (Å²) in [7, 11) is 2.21. The lowest BCUT2D eigenvalue weighted by Crippen LogP contribution is -2.37. The molecule has 1 unspecified atom stereocenters. The van der Waals surface area contributed by atoms with E-state index < -0.39 is 0 Å². The molecule has 0 amide bonds. The number of likely N-dealkylation sites (tertiary alicyclic amines) is 1. The second-order valence-corrected chi connectivity index (χ2v) is 8.88. The molecule has 2 aromatic carbocycles. The van der Waals surface area contributed by atoms with Gasteiger partial charge in [0.15, 0.2) is 0 Å². The van der Waals surface area contributed by atoms with Gasteiger partial charge in [0.05, 0.1) is 5.25 Å². The lowest BCUT2D eigenvalue weighted by molar-refractivity contribution is 0.241. The van der Waals surface area contributed by atoms with Crippen molar-refractivity contribution in [2.75, 3.05) is 20.1 Å². The van der Waals surface area contributed by atoms with Gasteiger partial charge in [-0.3, -0.25) is 0 Å². The van der Waals surface area contributed by atoms with E-state index in [9.17, 15) is 0 Å². The van der Waals surface area contributed by atoms with Crippen LogP contribution in [0.25, 0.3) is 0 Å². The molecule has 128 valence electrons.